The second-order valence-corrected chi connectivity index (χ2v) is 7.65. The van der Waals surface area contributed by atoms with E-state index in [2.05, 4.69) is 4.72 Å². The van der Waals surface area contributed by atoms with Gasteiger partial charge < -0.3 is 4.90 Å². The van der Waals surface area contributed by atoms with E-state index in [1.807, 2.05) is 4.90 Å². The molecule has 132 valence electrons. The molecular formula is C18H19FN2O3S. The van der Waals surface area contributed by atoms with E-state index in [-0.39, 0.29) is 16.5 Å². The Morgan fingerprint density at radius 3 is 2.44 bits per heavy atom. The maximum Gasteiger partial charge on any atom is 0.261 e. The van der Waals surface area contributed by atoms with Gasteiger partial charge in [0.2, 0.25) is 5.91 Å². The van der Waals surface area contributed by atoms with Crippen molar-refractivity contribution in [2.24, 2.45) is 0 Å². The van der Waals surface area contributed by atoms with Crippen molar-refractivity contribution in [1.29, 1.82) is 0 Å². The second-order valence-electron chi connectivity index (χ2n) is 5.96. The maximum atomic E-state index is 13.6. The molecule has 0 bridgehead atoms. The Balaban J connectivity index is 1.66. The number of hydrogen-bond acceptors (Lipinski definition) is 3. The molecule has 1 amide bonds. The van der Waals surface area contributed by atoms with Crippen LogP contribution in [0.25, 0.3) is 0 Å². The number of anilines is 1. The summed E-state index contributed by atoms with van der Waals surface area (Å²) in [5, 5.41) is 0. The van der Waals surface area contributed by atoms with Gasteiger partial charge in [-0.2, -0.15) is 0 Å². The lowest BCUT2D eigenvalue weighted by molar-refractivity contribution is -0.127. The summed E-state index contributed by atoms with van der Waals surface area (Å²) in [5.74, 6) is -0.453. The summed E-state index contributed by atoms with van der Waals surface area (Å²) < 4.78 is 40.6. The Labute approximate surface area is 146 Å². The molecule has 1 heterocycles. The number of carbonyl (C=O) groups excluding carboxylic acids is 1. The molecule has 1 fully saturated rings. The molecule has 0 unspecified atom stereocenters. The standard InChI is InChI=1S/C18H19FN2O3S/c19-16-4-1-2-5-17(16)20-25(23,24)15-9-7-14(8-10-15)11-13-21-12-3-6-18(21)22/h1-2,4-5,7-10,20H,3,6,11-13H2. The van der Waals surface area contributed by atoms with Crippen LogP contribution in [0.15, 0.2) is 53.4 Å². The molecule has 25 heavy (non-hydrogen) atoms. The van der Waals surface area contributed by atoms with E-state index in [1.165, 1.54) is 30.3 Å². The van der Waals surface area contributed by atoms with Crippen molar-refractivity contribution in [3.8, 4) is 0 Å². The lowest BCUT2D eigenvalue weighted by Crippen LogP contribution is -2.26. The summed E-state index contributed by atoms with van der Waals surface area (Å²) >= 11 is 0. The predicted octanol–water partition coefficient (Wildman–Crippen LogP) is 2.79. The first-order valence-corrected chi connectivity index (χ1v) is 9.58. The van der Waals surface area contributed by atoms with Crippen molar-refractivity contribution in [3.05, 3.63) is 59.9 Å². The molecule has 1 N–H and O–H groups in total. The van der Waals surface area contributed by atoms with Gasteiger partial charge >= 0.3 is 0 Å². The Morgan fingerprint density at radius 1 is 1.08 bits per heavy atom. The summed E-state index contributed by atoms with van der Waals surface area (Å²) in [7, 11) is -3.85. The molecule has 5 nitrogen and oxygen atoms in total. The van der Waals surface area contributed by atoms with E-state index in [0.29, 0.717) is 19.4 Å². The first-order valence-electron chi connectivity index (χ1n) is 8.10. The highest BCUT2D eigenvalue weighted by Crippen LogP contribution is 2.19. The summed E-state index contributed by atoms with van der Waals surface area (Å²) in [6.07, 6.45) is 2.18. The second kappa shape index (κ2) is 7.23. The summed E-state index contributed by atoms with van der Waals surface area (Å²) in [5.41, 5.74) is 0.865. The van der Waals surface area contributed by atoms with Crippen LogP contribution in [-0.4, -0.2) is 32.3 Å². The van der Waals surface area contributed by atoms with Crippen molar-refractivity contribution in [3.63, 3.8) is 0 Å². The lowest BCUT2D eigenvalue weighted by atomic mass is 10.1. The fraction of sp³-hybridized carbons (Fsp3) is 0.278. The Bertz CT molecular complexity index is 866. The monoisotopic (exact) mass is 362 g/mol. The largest absolute Gasteiger partial charge is 0.342 e. The van der Waals surface area contributed by atoms with E-state index < -0.39 is 15.8 Å². The molecule has 1 aliphatic heterocycles. The summed E-state index contributed by atoms with van der Waals surface area (Å²) in [4.78, 5) is 13.5. The van der Waals surface area contributed by atoms with E-state index >= 15 is 0 Å². The minimum atomic E-state index is -3.85. The third kappa shape index (κ3) is 4.17. The molecule has 1 aliphatic rings. The topological polar surface area (TPSA) is 66.5 Å². The van der Waals surface area contributed by atoms with Gasteiger partial charge in [0.1, 0.15) is 5.82 Å². The molecule has 0 aliphatic carbocycles. The summed E-state index contributed by atoms with van der Waals surface area (Å²) in [6, 6.07) is 12.0. The number of hydrogen-bond donors (Lipinski definition) is 1. The van der Waals surface area contributed by atoms with Gasteiger partial charge in [0.25, 0.3) is 10.0 Å². The lowest BCUT2D eigenvalue weighted by Gasteiger charge is -2.15. The highest BCUT2D eigenvalue weighted by Gasteiger charge is 2.20. The number of likely N-dealkylation sites (tertiary alicyclic amines) is 1. The Hall–Kier alpha value is -2.41. The first-order chi connectivity index (χ1) is 12.0. The van der Waals surface area contributed by atoms with Gasteiger partial charge in [-0.1, -0.05) is 24.3 Å². The number of carbonyl (C=O) groups is 1. The van der Waals surface area contributed by atoms with Crippen LogP contribution in [0.4, 0.5) is 10.1 Å². The third-order valence-electron chi connectivity index (χ3n) is 4.19. The molecule has 0 radical (unpaired) electrons. The van der Waals surface area contributed by atoms with Crippen LogP contribution in [0.3, 0.4) is 0 Å². The van der Waals surface area contributed by atoms with Crippen molar-refractivity contribution in [2.45, 2.75) is 24.2 Å². The van der Waals surface area contributed by atoms with Crippen LogP contribution >= 0.6 is 0 Å². The van der Waals surface area contributed by atoms with Gasteiger partial charge in [-0.15, -0.1) is 0 Å². The van der Waals surface area contributed by atoms with Crippen LogP contribution in [0.5, 0.6) is 0 Å². The third-order valence-corrected chi connectivity index (χ3v) is 5.58. The van der Waals surface area contributed by atoms with Crippen LogP contribution < -0.4 is 4.72 Å². The smallest absolute Gasteiger partial charge is 0.261 e. The zero-order valence-corrected chi connectivity index (χ0v) is 14.4. The van der Waals surface area contributed by atoms with Crippen molar-refractivity contribution in [2.75, 3.05) is 17.8 Å². The zero-order valence-electron chi connectivity index (χ0n) is 13.6. The van der Waals surface area contributed by atoms with Gasteiger partial charge in [-0.25, -0.2) is 12.8 Å². The minimum Gasteiger partial charge on any atom is -0.342 e. The summed E-state index contributed by atoms with van der Waals surface area (Å²) in [6.45, 7) is 1.43. The fourth-order valence-electron chi connectivity index (χ4n) is 2.79. The van der Waals surface area contributed by atoms with Gasteiger partial charge in [0.15, 0.2) is 0 Å². The number of nitrogens with one attached hydrogen (secondary N) is 1. The van der Waals surface area contributed by atoms with Crippen LogP contribution in [0.1, 0.15) is 18.4 Å². The van der Waals surface area contributed by atoms with Gasteiger partial charge in [0.05, 0.1) is 10.6 Å². The van der Waals surface area contributed by atoms with E-state index in [0.717, 1.165) is 18.5 Å². The van der Waals surface area contributed by atoms with Gasteiger partial charge in [-0.3, -0.25) is 9.52 Å². The number of sulfonamides is 1. The normalized spacial score (nSPS) is 14.8. The SMILES string of the molecule is O=C1CCCN1CCc1ccc(S(=O)(=O)Nc2ccccc2F)cc1. The molecule has 0 aromatic heterocycles. The highest BCUT2D eigenvalue weighted by atomic mass is 32.2. The molecule has 1 saturated heterocycles. The molecule has 0 atom stereocenters. The van der Waals surface area contributed by atoms with Gasteiger partial charge in [-0.05, 0) is 42.7 Å². The van der Waals surface area contributed by atoms with Crippen molar-refractivity contribution in [1.82, 2.24) is 4.90 Å². The molecule has 0 spiro atoms. The predicted molar refractivity (Wildman–Crippen MR) is 93.2 cm³/mol. The number of amides is 1. The average Bonchev–Trinajstić information content (AvgIpc) is 3.00. The molecule has 7 heteroatoms. The van der Waals surface area contributed by atoms with Crippen LogP contribution in [0, 0.1) is 5.82 Å². The van der Waals surface area contributed by atoms with Crippen molar-refractivity contribution >= 4 is 21.6 Å². The number of halogens is 1. The number of rotatable bonds is 6. The van der Waals surface area contributed by atoms with Crippen LogP contribution in [-0.2, 0) is 21.2 Å². The fourth-order valence-corrected chi connectivity index (χ4v) is 3.85. The number of benzene rings is 2. The zero-order chi connectivity index (χ0) is 17.9. The van der Waals surface area contributed by atoms with Gasteiger partial charge in [0, 0.05) is 19.5 Å². The number of para-hydroxylation sites is 1. The minimum absolute atomic E-state index is 0.0664. The molecule has 2 aromatic rings. The van der Waals surface area contributed by atoms with Crippen LogP contribution in [0.2, 0.25) is 0 Å². The highest BCUT2D eigenvalue weighted by molar-refractivity contribution is 7.92. The maximum absolute atomic E-state index is 13.6. The Morgan fingerprint density at radius 2 is 1.80 bits per heavy atom. The van der Waals surface area contributed by atoms with E-state index in [9.17, 15) is 17.6 Å². The molecule has 0 saturated carbocycles. The Kier molecular flexibility index (Phi) is 5.03. The molecular weight excluding hydrogens is 343 g/mol. The van der Waals surface area contributed by atoms with E-state index in [4.69, 9.17) is 0 Å². The first kappa shape index (κ1) is 17.4. The average molecular weight is 362 g/mol. The van der Waals surface area contributed by atoms with E-state index in [1.54, 1.807) is 18.2 Å². The molecule has 2 aromatic carbocycles. The number of nitrogens with zero attached hydrogens (tertiary/aromatic N) is 1. The van der Waals surface area contributed by atoms with Crippen molar-refractivity contribution < 1.29 is 17.6 Å². The quantitative estimate of drug-likeness (QED) is 0.859. The molecule has 3 rings (SSSR count).